The Kier molecular flexibility index (Phi) is 6.59. The van der Waals surface area contributed by atoms with Crippen molar-refractivity contribution in [1.82, 2.24) is 9.62 Å². The Balaban J connectivity index is 1.65. The molecule has 0 bridgehead atoms. The normalized spacial score (nSPS) is 19.6. The molecule has 1 aliphatic heterocycles. The monoisotopic (exact) mass is 398 g/mol. The van der Waals surface area contributed by atoms with Crippen LogP contribution in [-0.4, -0.2) is 38.3 Å². The van der Waals surface area contributed by atoms with Gasteiger partial charge in [-0.25, -0.2) is 8.42 Å². The van der Waals surface area contributed by atoms with Crippen molar-refractivity contribution >= 4 is 27.5 Å². The third kappa shape index (κ3) is 4.59. The first-order chi connectivity index (χ1) is 12.5. The number of carbonyl (C=O) groups is 1. The first-order valence-electron chi connectivity index (χ1n) is 9.56. The van der Waals surface area contributed by atoms with Crippen molar-refractivity contribution in [1.29, 1.82) is 0 Å². The summed E-state index contributed by atoms with van der Waals surface area (Å²) in [5, 5.41) is 3.18. The van der Waals surface area contributed by atoms with Gasteiger partial charge in [0.15, 0.2) is 0 Å². The SMILES string of the molecule is O=C(NCCC1CCCCC1)c1cc(S(=O)(=O)N2CCCC2)ccc1Cl. The van der Waals surface area contributed by atoms with Gasteiger partial charge in [0, 0.05) is 19.6 Å². The average molecular weight is 399 g/mol. The van der Waals surface area contributed by atoms with Crippen LogP contribution >= 0.6 is 11.6 Å². The van der Waals surface area contributed by atoms with Crippen molar-refractivity contribution < 1.29 is 13.2 Å². The first kappa shape index (κ1) is 19.6. The van der Waals surface area contributed by atoms with E-state index >= 15 is 0 Å². The van der Waals surface area contributed by atoms with Gasteiger partial charge in [0.05, 0.1) is 15.5 Å². The highest BCUT2D eigenvalue weighted by Gasteiger charge is 2.28. The molecule has 1 N–H and O–H groups in total. The van der Waals surface area contributed by atoms with Crippen LogP contribution in [0.1, 0.15) is 61.7 Å². The highest BCUT2D eigenvalue weighted by Crippen LogP contribution is 2.27. The fourth-order valence-corrected chi connectivity index (χ4v) is 5.62. The molecule has 144 valence electrons. The number of benzene rings is 1. The summed E-state index contributed by atoms with van der Waals surface area (Å²) in [5.41, 5.74) is 0.232. The zero-order valence-electron chi connectivity index (χ0n) is 15.0. The Labute approximate surface area is 161 Å². The van der Waals surface area contributed by atoms with Crippen LogP contribution in [0.2, 0.25) is 5.02 Å². The van der Waals surface area contributed by atoms with Crippen LogP contribution < -0.4 is 5.32 Å². The van der Waals surface area contributed by atoms with Gasteiger partial charge in [-0.1, -0.05) is 43.7 Å². The molecule has 1 amide bonds. The maximum atomic E-state index is 12.7. The number of nitrogens with zero attached hydrogens (tertiary/aromatic N) is 1. The van der Waals surface area contributed by atoms with Gasteiger partial charge in [0.2, 0.25) is 10.0 Å². The molecular weight excluding hydrogens is 372 g/mol. The number of nitrogens with one attached hydrogen (secondary N) is 1. The molecule has 2 aliphatic rings. The zero-order chi connectivity index (χ0) is 18.6. The van der Waals surface area contributed by atoms with Gasteiger partial charge in [-0.2, -0.15) is 4.31 Å². The molecule has 1 saturated carbocycles. The molecule has 1 saturated heterocycles. The largest absolute Gasteiger partial charge is 0.352 e. The van der Waals surface area contributed by atoms with Crippen LogP contribution in [0.25, 0.3) is 0 Å². The number of hydrogen-bond acceptors (Lipinski definition) is 3. The number of carbonyl (C=O) groups excluding carboxylic acids is 1. The highest BCUT2D eigenvalue weighted by molar-refractivity contribution is 7.89. The average Bonchev–Trinajstić information content (AvgIpc) is 3.18. The molecule has 0 atom stereocenters. The van der Waals surface area contributed by atoms with Gasteiger partial charge < -0.3 is 5.32 Å². The fraction of sp³-hybridized carbons (Fsp3) is 0.632. The number of amides is 1. The molecule has 0 spiro atoms. The van der Waals surface area contributed by atoms with Crippen molar-refractivity contribution in [3.8, 4) is 0 Å². The van der Waals surface area contributed by atoms with Crippen molar-refractivity contribution in [2.24, 2.45) is 5.92 Å². The molecule has 1 aliphatic carbocycles. The van der Waals surface area contributed by atoms with E-state index in [9.17, 15) is 13.2 Å². The predicted octanol–water partition coefficient (Wildman–Crippen LogP) is 3.82. The Morgan fingerprint density at radius 1 is 1.12 bits per heavy atom. The number of halogens is 1. The van der Waals surface area contributed by atoms with E-state index < -0.39 is 10.0 Å². The van der Waals surface area contributed by atoms with Crippen LogP contribution in [0.5, 0.6) is 0 Å². The standard InChI is InChI=1S/C19H27ClN2O3S/c20-18-9-8-16(26(24,25)22-12-4-5-13-22)14-17(18)19(23)21-11-10-15-6-2-1-3-7-15/h8-9,14-15H,1-7,10-13H2,(H,21,23). The Morgan fingerprint density at radius 2 is 1.81 bits per heavy atom. The van der Waals surface area contributed by atoms with Gasteiger partial charge in [-0.3, -0.25) is 4.79 Å². The van der Waals surface area contributed by atoms with E-state index in [0.717, 1.165) is 19.3 Å². The number of sulfonamides is 1. The lowest BCUT2D eigenvalue weighted by molar-refractivity contribution is 0.0950. The second-order valence-electron chi connectivity index (χ2n) is 7.30. The molecule has 0 aromatic heterocycles. The lowest BCUT2D eigenvalue weighted by Crippen LogP contribution is -2.29. The van der Waals surface area contributed by atoms with Crippen LogP contribution in [-0.2, 0) is 10.0 Å². The summed E-state index contributed by atoms with van der Waals surface area (Å²) in [6.07, 6.45) is 9.07. The van der Waals surface area contributed by atoms with Crippen LogP contribution in [0.15, 0.2) is 23.1 Å². The second-order valence-corrected chi connectivity index (χ2v) is 9.65. The summed E-state index contributed by atoms with van der Waals surface area (Å²) in [7, 11) is -3.55. The minimum Gasteiger partial charge on any atom is -0.352 e. The summed E-state index contributed by atoms with van der Waals surface area (Å²) >= 11 is 6.16. The molecule has 0 unspecified atom stereocenters. The molecule has 2 fully saturated rings. The smallest absolute Gasteiger partial charge is 0.252 e. The van der Waals surface area contributed by atoms with Gasteiger partial charge in [-0.05, 0) is 43.4 Å². The topological polar surface area (TPSA) is 66.5 Å². The molecule has 7 heteroatoms. The molecule has 3 rings (SSSR count). The molecule has 26 heavy (non-hydrogen) atoms. The Hall–Kier alpha value is -1.11. The molecule has 0 radical (unpaired) electrons. The third-order valence-corrected chi connectivity index (χ3v) is 7.67. The van der Waals surface area contributed by atoms with Crippen molar-refractivity contribution in [2.75, 3.05) is 19.6 Å². The third-order valence-electron chi connectivity index (χ3n) is 5.45. The summed E-state index contributed by atoms with van der Waals surface area (Å²) in [6.45, 7) is 1.67. The second kappa shape index (κ2) is 8.72. The summed E-state index contributed by atoms with van der Waals surface area (Å²) in [4.78, 5) is 12.6. The van der Waals surface area contributed by atoms with Crippen LogP contribution in [0.3, 0.4) is 0 Å². The van der Waals surface area contributed by atoms with Crippen molar-refractivity contribution in [3.63, 3.8) is 0 Å². The van der Waals surface area contributed by atoms with Gasteiger partial charge in [0.25, 0.3) is 5.91 Å². The van der Waals surface area contributed by atoms with E-state index in [0.29, 0.717) is 25.6 Å². The Morgan fingerprint density at radius 3 is 2.50 bits per heavy atom. The lowest BCUT2D eigenvalue weighted by atomic mass is 9.87. The van der Waals surface area contributed by atoms with Crippen molar-refractivity contribution in [3.05, 3.63) is 28.8 Å². The summed E-state index contributed by atoms with van der Waals surface area (Å²) in [6, 6.07) is 4.39. The fourth-order valence-electron chi connectivity index (χ4n) is 3.88. The van der Waals surface area contributed by atoms with Crippen LogP contribution in [0, 0.1) is 5.92 Å². The predicted molar refractivity (Wildman–Crippen MR) is 103 cm³/mol. The van der Waals surface area contributed by atoms with E-state index in [1.807, 2.05) is 0 Å². The zero-order valence-corrected chi connectivity index (χ0v) is 16.6. The maximum Gasteiger partial charge on any atom is 0.252 e. The molecular formula is C19H27ClN2O3S. The van der Waals surface area contributed by atoms with Crippen LogP contribution in [0.4, 0.5) is 0 Å². The highest BCUT2D eigenvalue weighted by atomic mass is 35.5. The van der Waals surface area contributed by atoms with E-state index in [-0.39, 0.29) is 21.4 Å². The minimum absolute atomic E-state index is 0.140. The Bertz CT molecular complexity index is 739. The lowest BCUT2D eigenvalue weighted by Gasteiger charge is -2.21. The van der Waals surface area contributed by atoms with Gasteiger partial charge >= 0.3 is 0 Å². The van der Waals surface area contributed by atoms with E-state index in [1.165, 1.54) is 54.6 Å². The molecule has 1 aromatic carbocycles. The summed E-state index contributed by atoms with van der Waals surface area (Å²) < 4.78 is 26.9. The van der Waals surface area contributed by atoms with Gasteiger partial charge in [-0.15, -0.1) is 0 Å². The minimum atomic E-state index is -3.55. The molecule has 1 aromatic rings. The van der Waals surface area contributed by atoms with E-state index in [1.54, 1.807) is 0 Å². The maximum absolute atomic E-state index is 12.7. The molecule has 1 heterocycles. The van der Waals surface area contributed by atoms with Gasteiger partial charge in [0.1, 0.15) is 0 Å². The number of hydrogen-bond donors (Lipinski definition) is 1. The van der Waals surface area contributed by atoms with E-state index in [2.05, 4.69) is 5.32 Å². The quantitative estimate of drug-likeness (QED) is 0.791. The number of rotatable bonds is 6. The summed E-state index contributed by atoms with van der Waals surface area (Å²) in [5.74, 6) is 0.380. The first-order valence-corrected chi connectivity index (χ1v) is 11.4. The van der Waals surface area contributed by atoms with E-state index in [4.69, 9.17) is 11.6 Å². The molecule has 5 nitrogen and oxygen atoms in total. The van der Waals surface area contributed by atoms with Crippen molar-refractivity contribution in [2.45, 2.75) is 56.3 Å².